The topological polar surface area (TPSA) is 26.3 Å². The average Bonchev–Trinajstić information content (AvgIpc) is 2.79. The zero-order valence-electron chi connectivity index (χ0n) is 10.8. The first-order valence-electron chi connectivity index (χ1n) is 6.34. The summed E-state index contributed by atoms with van der Waals surface area (Å²) in [5, 5.41) is 0.576. The van der Waals surface area contributed by atoms with Crippen LogP contribution in [0.25, 0.3) is 0 Å². The van der Waals surface area contributed by atoms with Gasteiger partial charge in [0.05, 0.1) is 0 Å². The number of ether oxygens (including phenoxy) is 1. The van der Waals surface area contributed by atoms with E-state index < -0.39 is 0 Å². The van der Waals surface area contributed by atoms with Crippen molar-refractivity contribution in [1.82, 2.24) is 0 Å². The van der Waals surface area contributed by atoms with E-state index in [1.54, 1.807) is 12.1 Å². The van der Waals surface area contributed by atoms with Gasteiger partial charge in [0, 0.05) is 26.1 Å². The first-order valence-corrected chi connectivity index (χ1v) is 7.79. The number of hydrogen-bond donors (Lipinski definition) is 0. The molecule has 2 aromatic carbocycles. The first-order chi connectivity index (χ1) is 9.54. The van der Waals surface area contributed by atoms with Crippen molar-refractivity contribution in [3.8, 4) is 5.75 Å². The number of ketones is 1. The fourth-order valence-electron chi connectivity index (χ4n) is 2.39. The molecular weight excluding hydrogens is 387 g/mol. The van der Waals surface area contributed by atoms with Crippen molar-refractivity contribution in [1.29, 1.82) is 0 Å². The summed E-state index contributed by atoms with van der Waals surface area (Å²) in [7, 11) is 0. The Morgan fingerprint density at radius 3 is 2.90 bits per heavy atom. The minimum Gasteiger partial charge on any atom is -0.490 e. The molecule has 1 aliphatic rings. The van der Waals surface area contributed by atoms with Crippen molar-refractivity contribution in [2.75, 3.05) is 0 Å². The monoisotopic (exact) mass is 398 g/mol. The van der Waals surface area contributed by atoms with Crippen LogP contribution >= 0.6 is 34.2 Å². The van der Waals surface area contributed by atoms with E-state index in [0.717, 1.165) is 21.3 Å². The summed E-state index contributed by atoms with van der Waals surface area (Å²) in [5.74, 6) is 0.883. The van der Waals surface area contributed by atoms with Gasteiger partial charge in [0.2, 0.25) is 0 Å². The third kappa shape index (κ3) is 2.56. The standard InChI is InChI=1S/C16H12ClIO2/c1-9-6-11-7-10(2-5-15(11)20-9)16(19)13-8-12(17)3-4-14(13)18/h2-5,7-9H,6H2,1H3. The number of hydrogen-bond acceptors (Lipinski definition) is 2. The molecule has 3 rings (SSSR count). The first kappa shape index (κ1) is 13.9. The lowest BCUT2D eigenvalue weighted by molar-refractivity contribution is 0.103. The van der Waals surface area contributed by atoms with Gasteiger partial charge in [-0.3, -0.25) is 4.79 Å². The molecule has 1 unspecified atom stereocenters. The molecule has 1 atom stereocenters. The average molecular weight is 399 g/mol. The quantitative estimate of drug-likeness (QED) is 0.550. The van der Waals surface area contributed by atoms with Gasteiger partial charge in [0.15, 0.2) is 5.78 Å². The van der Waals surface area contributed by atoms with Gasteiger partial charge in [0.25, 0.3) is 0 Å². The number of fused-ring (bicyclic) bond motifs is 1. The molecule has 0 saturated heterocycles. The molecule has 20 heavy (non-hydrogen) atoms. The van der Waals surface area contributed by atoms with Crippen LogP contribution in [0.1, 0.15) is 28.4 Å². The normalized spacial score (nSPS) is 16.6. The summed E-state index contributed by atoms with van der Waals surface area (Å²) in [6.07, 6.45) is 1.03. The van der Waals surface area contributed by atoms with E-state index in [1.165, 1.54) is 0 Å². The van der Waals surface area contributed by atoms with Crippen LogP contribution in [0, 0.1) is 3.57 Å². The van der Waals surface area contributed by atoms with Crippen LogP contribution < -0.4 is 4.74 Å². The molecule has 0 N–H and O–H groups in total. The summed E-state index contributed by atoms with van der Waals surface area (Å²) in [4.78, 5) is 12.6. The van der Waals surface area contributed by atoms with Gasteiger partial charge < -0.3 is 4.74 Å². The lowest BCUT2D eigenvalue weighted by Gasteiger charge is -2.06. The van der Waals surface area contributed by atoms with Crippen LogP contribution in [-0.4, -0.2) is 11.9 Å². The molecule has 1 heterocycles. The SMILES string of the molecule is CC1Cc2cc(C(=O)c3cc(Cl)ccc3I)ccc2O1. The van der Waals surface area contributed by atoms with Crippen LogP contribution in [0.3, 0.4) is 0 Å². The lowest BCUT2D eigenvalue weighted by Crippen LogP contribution is -2.05. The zero-order chi connectivity index (χ0) is 14.3. The Kier molecular flexibility index (Phi) is 3.73. The summed E-state index contributed by atoms with van der Waals surface area (Å²) in [5.41, 5.74) is 2.42. The van der Waals surface area contributed by atoms with Crippen molar-refractivity contribution in [3.63, 3.8) is 0 Å². The molecule has 0 aliphatic carbocycles. The van der Waals surface area contributed by atoms with Crippen molar-refractivity contribution in [2.24, 2.45) is 0 Å². The Bertz CT molecular complexity index is 697. The van der Waals surface area contributed by atoms with Gasteiger partial charge in [-0.1, -0.05) is 11.6 Å². The Morgan fingerprint density at radius 2 is 2.10 bits per heavy atom. The molecular formula is C16H12ClIO2. The maximum absolute atomic E-state index is 12.6. The number of carbonyl (C=O) groups is 1. The van der Waals surface area contributed by atoms with Gasteiger partial charge in [-0.15, -0.1) is 0 Å². The van der Waals surface area contributed by atoms with E-state index in [-0.39, 0.29) is 11.9 Å². The van der Waals surface area contributed by atoms with Crippen LogP contribution in [0.15, 0.2) is 36.4 Å². The fourth-order valence-corrected chi connectivity index (χ4v) is 3.14. The van der Waals surface area contributed by atoms with E-state index >= 15 is 0 Å². The van der Waals surface area contributed by atoms with E-state index in [1.807, 2.05) is 31.2 Å². The highest BCUT2D eigenvalue weighted by Gasteiger charge is 2.21. The minimum atomic E-state index is -0.000692. The summed E-state index contributed by atoms with van der Waals surface area (Å²) < 4.78 is 6.56. The highest BCUT2D eigenvalue weighted by molar-refractivity contribution is 14.1. The smallest absolute Gasteiger partial charge is 0.194 e. The highest BCUT2D eigenvalue weighted by atomic mass is 127. The molecule has 0 fully saturated rings. The van der Waals surface area contributed by atoms with Gasteiger partial charge in [-0.05, 0) is 71.5 Å². The molecule has 0 bridgehead atoms. The molecule has 2 aromatic rings. The van der Waals surface area contributed by atoms with Crippen molar-refractivity contribution in [3.05, 3.63) is 61.7 Å². The highest BCUT2D eigenvalue weighted by Crippen LogP contribution is 2.30. The molecule has 4 heteroatoms. The van der Waals surface area contributed by atoms with Crippen LogP contribution in [0.2, 0.25) is 5.02 Å². The third-order valence-corrected chi connectivity index (χ3v) is 4.51. The largest absolute Gasteiger partial charge is 0.490 e. The predicted octanol–water partition coefficient (Wildman–Crippen LogP) is 4.50. The molecule has 1 aliphatic heterocycles. The molecule has 2 nitrogen and oxygen atoms in total. The van der Waals surface area contributed by atoms with Crippen LogP contribution in [0.4, 0.5) is 0 Å². The summed E-state index contributed by atoms with van der Waals surface area (Å²) in [6, 6.07) is 11.0. The Hall–Kier alpha value is -1.07. The zero-order valence-corrected chi connectivity index (χ0v) is 13.7. The van der Waals surface area contributed by atoms with Crippen molar-refractivity contribution in [2.45, 2.75) is 19.4 Å². The Labute approximate surface area is 136 Å². The van der Waals surface area contributed by atoms with E-state index in [9.17, 15) is 4.79 Å². The third-order valence-electron chi connectivity index (χ3n) is 3.33. The van der Waals surface area contributed by atoms with Gasteiger partial charge >= 0.3 is 0 Å². The maximum atomic E-state index is 12.6. The van der Waals surface area contributed by atoms with E-state index in [0.29, 0.717) is 16.1 Å². The number of carbonyl (C=O) groups excluding carboxylic acids is 1. The summed E-state index contributed by atoms with van der Waals surface area (Å²) in [6.45, 7) is 2.03. The molecule has 0 amide bonds. The molecule has 0 saturated carbocycles. The second-order valence-electron chi connectivity index (χ2n) is 4.91. The molecule has 0 aromatic heterocycles. The molecule has 0 radical (unpaired) electrons. The Balaban J connectivity index is 1.99. The second kappa shape index (κ2) is 5.37. The van der Waals surface area contributed by atoms with Gasteiger partial charge in [-0.2, -0.15) is 0 Å². The number of rotatable bonds is 2. The Morgan fingerprint density at radius 1 is 1.30 bits per heavy atom. The van der Waals surface area contributed by atoms with Crippen molar-refractivity contribution < 1.29 is 9.53 Å². The fraction of sp³-hybridized carbons (Fsp3) is 0.188. The van der Waals surface area contributed by atoms with Gasteiger partial charge in [0.1, 0.15) is 11.9 Å². The maximum Gasteiger partial charge on any atom is 0.194 e. The summed E-state index contributed by atoms with van der Waals surface area (Å²) >= 11 is 8.14. The van der Waals surface area contributed by atoms with Crippen LogP contribution in [-0.2, 0) is 6.42 Å². The van der Waals surface area contributed by atoms with E-state index in [2.05, 4.69) is 22.6 Å². The minimum absolute atomic E-state index is 0.000692. The number of halogens is 2. The number of benzene rings is 2. The van der Waals surface area contributed by atoms with Crippen LogP contribution in [0.5, 0.6) is 5.75 Å². The molecule has 0 spiro atoms. The lowest BCUT2D eigenvalue weighted by atomic mass is 10.00. The molecule has 102 valence electrons. The van der Waals surface area contributed by atoms with Gasteiger partial charge in [-0.25, -0.2) is 0 Å². The second-order valence-corrected chi connectivity index (χ2v) is 6.51. The van der Waals surface area contributed by atoms with Crippen molar-refractivity contribution >= 4 is 40.0 Å². The van der Waals surface area contributed by atoms with E-state index in [4.69, 9.17) is 16.3 Å². The predicted molar refractivity (Wildman–Crippen MR) is 87.8 cm³/mol.